The van der Waals surface area contributed by atoms with Crippen LogP contribution in [0.25, 0.3) is 0 Å². The van der Waals surface area contributed by atoms with Gasteiger partial charge in [0, 0.05) is 17.2 Å². The Bertz CT molecular complexity index is 699. The van der Waals surface area contributed by atoms with Crippen molar-refractivity contribution in [2.45, 2.75) is 44.6 Å². The molecule has 0 saturated heterocycles. The smallest absolute Gasteiger partial charge is 0.265 e. The summed E-state index contributed by atoms with van der Waals surface area (Å²) >= 11 is 1.56. The maximum atomic E-state index is 11.9. The maximum Gasteiger partial charge on any atom is 0.271 e. The summed E-state index contributed by atoms with van der Waals surface area (Å²) in [7, 11) is -3.50. The van der Waals surface area contributed by atoms with Crippen LogP contribution in [-0.4, -0.2) is 25.3 Å². The Balaban J connectivity index is 2.14. The Morgan fingerprint density at radius 3 is 2.96 bits per heavy atom. The molecule has 0 saturated carbocycles. The average molecular weight is 354 g/mol. The molecule has 0 N–H and O–H groups in total. The molecule has 1 unspecified atom stereocenters. The molecule has 2 rings (SSSR count). The zero-order chi connectivity index (χ0) is 16.9. The number of hydrogen-bond acceptors (Lipinski definition) is 5. The third-order valence-corrected chi connectivity index (χ3v) is 6.14. The fraction of sp³-hybridized carbons (Fsp3) is 0.471. The SMILES string of the molecule is C=CC/C=C/Cc1csc(C(C)(C)C2CC=CCS(=O)(=O)O2)n1. The Morgan fingerprint density at radius 1 is 1.43 bits per heavy atom. The van der Waals surface area contributed by atoms with Gasteiger partial charge in [0.05, 0.1) is 17.6 Å². The normalized spacial score (nSPS) is 21.4. The van der Waals surface area contributed by atoms with E-state index in [4.69, 9.17) is 4.18 Å². The molecule has 0 spiro atoms. The molecule has 0 aliphatic carbocycles. The number of thiazole rings is 1. The van der Waals surface area contributed by atoms with Gasteiger partial charge in [-0.05, 0) is 12.8 Å². The highest BCUT2D eigenvalue weighted by Gasteiger charge is 2.38. The van der Waals surface area contributed by atoms with E-state index in [9.17, 15) is 8.42 Å². The Hall–Kier alpha value is -1.24. The second kappa shape index (κ2) is 7.55. The van der Waals surface area contributed by atoms with Crippen LogP contribution in [0, 0.1) is 0 Å². The van der Waals surface area contributed by atoms with Crippen molar-refractivity contribution < 1.29 is 12.6 Å². The minimum absolute atomic E-state index is 0.0587. The van der Waals surface area contributed by atoms with Gasteiger partial charge in [-0.3, -0.25) is 4.18 Å². The fourth-order valence-electron chi connectivity index (χ4n) is 2.31. The molecule has 0 fully saturated rings. The summed E-state index contributed by atoms with van der Waals surface area (Å²) in [6, 6.07) is 0. The van der Waals surface area contributed by atoms with Gasteiger partial charge in [0.15, 0.2) is 0 Å². The predicted molar refractivity (Wildman–Crippen MR) is 95.2 cm³/mol. The van der Waals surface area contributed by atoms with Gasteiger partial charge < -0.3 is 0 Å². The first-order chi connectivity index (χ1) is 10.8. The van der Waals surface area contributed by atoms with E-state index in [0.29, 0.717) is 6.42 Å². The van der Waals surface area contributed by atoms with E-state index in [2.05, 4.69) is 23.7 Å². The minimum atomic E-state index is -3.50. The van der Waals surface area contributed by atoms with E-state index in [1.807, 2.05) is 31.4 Å². The molecule has 6 heteroatoms. The highest BCUT2D eigenvalue weighted by atomic mass is 32.2. The van der Waals surface area contributed by atoms with Gasteiger partial charge in [-0.15, -0.1) is 17.9 Å². The zero-order valence-electron chi connectivity index (χ0n) is 13.6. The summed E-state index contributed by atoms with van der Waals surface area (Å²) in [6.45, 7) is 7.66. The third kappa shape index (κ3) is 4.86. The van der Waals surface area contributed by atoms with E-state index in [1.54, 1.807) is 17.4 Å². The maximum absolute atomic E-state index is 11.9. The van der Waals surface area contributed by atoms with E-state index in [0.717, 1.165) is 23.5 Å². The lowest BCUT2D eigenvalue weighted by Gasteiger charge is -2.30. The van der Waals surface area contributed by atoms with Crippen LogP contribution in [0.4, 0.5) is 0 Å². The summed E-state index contributed by atoms with van der Waals surface area (Å²) in [5.41, 5.74) is 0.528. The fourth-order valence-corrected chi connectivity index (χ4v) is 4.43. The molecular weight excluding hydrogens is 330 g/mol. The van der Waals surface area contributed by atoms with Gasteiger partial charge >= 0.3 is 0 Å². The number of allylic oxidation sites excluding steroid dienone is 3. The lowest BCUT2D eigenvalue weighted by molar-refractivity contribution is 0.136. The lowest BCUT2D eigenvalue weighted by Crippen LogP contribution is -2.37. The van der Waals surface area contributed by atoms with Gasteiger partial charge in [-0.2, -0.15) is 8.42 Å². The Morgan fingerprint density at radius 2 is 2.22 bits per heavy atom. The number of hydrogen-bond donors (Lipinski definition) is 0. The van der Waals surface area contributed by atoms with Crippen LogP contribution in [0.2, 0.25) is 0 Å². The Labute approximate surface area is 142 Å². The molecule has 126 valence electrons. The molecule has 1 aromatic rings. The van der Waals surface area contributed by atoms with Crippen molar-refractivity contribution >= 4 is 21.5 Å². The third-order valence-electron chi connectivity index (χ3n) is 3.78. The second-order valence-electron chi connectivity index (χ2n) is 6.08. The highest BCUT2D eigenvalue weighted by molar-refractivity contribution is 7.86. The van der Waals surface area contributed by atoms with Crippen molar-refractivity contribution in [3.8, 4) is 0 Å². The summed E-state index contributed by atoms with van der Waals surface area (Å²) < 4.78 is 29.1. The van der Waals surface area contributed by atoms with Crippen LogP contribution in [0.5, 0.6) is 0 Å². The summed E-state index contributed by atoms with van der Waals surface area (Å²) in [4.78, 5) is 4.68. The molecular formula is C17H23NO3S2. The standard InChI is InChI=1S/C17H23NO3S2/c1-4-5-6-7-10-14-13-22-16(18-14)17(2,3)15-11-8-9-12-23(19,20)21-15/h4,6-9,13,15H,1,5,10-12H2,2-3H3/b7-6+. The van der Waals surface area contributed by atoms with Crippen LogP contribution in [-0.2, 0) is 26.1 Å². The van der Waals surface area contributed by atoms with E-state index >= 15 is 0 Å². The monoisotopic (exact) mass is 353 g/mol. The molecule has 2 heterocycles. The first-order valence-corrected chi connectivity index (χ1v) is 10.1. The lowest BCUT2D eigenvalue weighted by atomic mass is 9.85. The first-order valence-electron chi connectivity index (χ1n) is 7.62. The Kier molecular flexibility index (Phi) is 5.95. The summed E-state index contributed by atoms with van der Waals surface area (Å²) in [6.07, 6.45) is 11.3. The van der Waals surface area contributed by atoms with E-state index in [-0.39, 0.29) is 5.75 Å². The van der Waals surface area contributed by atoms with Crippen LogP contribution >= 0.6 is 11.3 Å². The molecule has 1 atom stereocenters. The van der Waals surface area contributed by atoms with Crippen molar-refractivity contribution in [1.29, 1.82) is 0 Å². The number of aromatic nitrogens is 1. The van der Waals surface area contributed by atoms with Crippen molar-refractivity contribution in [1.82, 2.24) is 4.98 Å². The molecule has 1 aliphatic heterocycles. The molecule has 0 bridgehead atoms. The molecule has 0 radical (unpaired) electrons. The van der Waals surface area contributed by atoms with Crippen molar-refractivity contribution in [2.24, 2.45) is 0 Å². The summed E-state index contributed by atoms with van der Waals surface area (Å²) in [5, 5.41) is 2.93. The topological polar surface area (TPSA) is 56.3 Å². The van der Waals surface area contributed by atoms with Crippen LogP contribution in [0.1, 0.15) is 37.4 Å². The molecule has 0 amide bonds. The zero-order valence-corrected chi connectivity index (χ0v) is 15.2. The molecule has 1 aliphatic rings. The van der Waals surface area contributed by atoms with Crippen molar-refractivity contribution in [3.05, 3.63) is 53.0 Å². The van der Waals surface area contributed by atoms with E-state index in [1.165, 1.54) is 0 Å². The van der Waals surface area contributed by atoms with Crippen LogP contribution in [0.15, 0.2) is 42.3 Å². The minimum Gasteiger partial charge on any atom is -0.265 e. The number of nitrogens with zero attached hydrogens (tertiary/aromatic N) is 1. The molecule has 23 heavy (non-hydrogen) atoms. The van der Waals surface area contributed by atoms with Gasteiger partial charge in [0.25, 0.3) is 10.1 Å². The summed E-state index contributed by atoms with van der Waals surface area (Å²) in [5.74, 6) is -0.0587. The second-order valence-corrected chi connectivity index (χ2v) is 8.58. The molecule has 1 aromatic heterocycles. The van der Waals surface area contributed by atoms with Crippen molar-refractivity contribution in [3.63, 3.8) is 0 Å². The first kappa shape index (κ1) is 18.1. The quantitative estimate of drug-likeness (QED) is 0.577. The van der Waals surface area contributed by atoms with Crippen molar-refractivity contribution in [2.75, 3.05) is 5.75 Å². The molecule has 0 aromatic carbocycles. The van der Waals surface area contributed by atoms with Gasteiger partial charge in [-0.1, -0.05) is 44.2 Å². The number of rotatable bonds is 6. The van der Waals surface area contributed by atoms with Gasteiger partial charge in [0.2, 0.25) is 0 Å². The molecule has 4 nitrogen and oxygen atoms in total. The predicted octanol–water partition coefficient (Wildman–Crippen LogP) is 3.77. The van der Waals surface area contributed by atoms with Crippen LogP contribution in [0.3, 0.4) is 0 Å². The highest BCUT2D eigenvalue weighted by Crippen LogP contribution is 2.35. The van der Waals surface area contributed by atoms with Crippen LogP contribution < -0.4 is 0 Å². The van der Waals surface area contributed by atoms with Gasteiger partial charge in [0.1, 0.15) is 5.01 Å². The van der Waals surface area contributed by atoms with E-state index < -0.39 is 21.6 Å². The van der Waals surface area contributed by atoms with Gasteiger partial charge in [-0.25, -0.2) is 4.98 Å². The largest absolute Gasteiger partial charge is 0.271 e. The average Bonchev–Trinajstić information content (AvgIpc) is 2.88.